The maximum absolute atomic E-state index is 11.3. The first-order chi connectivity index (χ1) is 7.11. The highest BCUT2D eigenvalue weighted by Gasteiger charge is 2.16. The van der Waals surface area contributed by atoms with E-state index in [1.165, 1.54) is 4.90 Å². The van der Waals surface area contributed by atoms with E-state index in [2.05, 4.69) is 6.58 Å². The van der Waals surface area contributed by atoms with Gasteiger partial charge in [-0.2, -0.15) is 0 Å². The maximum atomic E-state index is 11.3. The smallest absolute Gasteiger partial charge is 0.410 e. The van der Waals surface area contributed by atoms with Crippen LogP contribution in [0.25, 0.3) is 0 Å². The first kappa shape index (κ1) is 13.5. The van der Waals surface area contributed by atoms with Crippen molar-refractivity contribution < 1.29 is 19.4 Å². The van der Waals surface area contributed by atoms with Gasteiger partial charge in [0.05, 0.1) is 6.61 Å². The van der Waals surface area contributed by atoms with E-state index in [1.54, 1.807) is 6.08 Å². The number of carboxylic acids is 1. The van der Waals surface area contributed by atoms with E-state index in [0.29, 0.717) is 19.4 Å². The number of aliphatic carboxylic acids is 1. The minimum Gasteiger partial charge on any atom is -0.480 e. The molecule has 15 heavy (non-hydrogen) atoms. The van der Waals surface area contributed by atoms with Crippen LogP contribution in [0.4, 0.5) is 4.79 Å². The maximum Gasteiger partial charge on any atom is 0.410 e. The Balaban J connectivity index is 4.03. The SMILES string of the molecule is C=CCCOC(=O)N(CCC)CC(=O)O. The van der Waals surface area contributed by atoms with Gasteiger partial charge in [0, 0.05) is 6.54 Å². The van der Waals surface area contributed by atoms with Crippen LogP contribution < -0.4 is 0 Å². The number of rotatable bonds is 7. The molecule has 0 rings (SSSR count). The lowest BCUT2D eigenvalue weighted by Gasteiger charge is -2.18. The molecule has 0 aliphatic heterocycles. The topological polar surface area (TPSA) is 66.8 Å². The average Bonchev–Trinajstić information content (AvgIpc) is 2.17. The van der Waals surface area contributed by atoms with E-state index in [4.69, 9.17) is 9.84 Å². The number of carbonyl (C=O) groups is 2. The van der Waals surface area contributed by atoms with Crippen LogP contribution in [-0.2, 0) is 9.53 Å². The highest BCUT2D eigenvalue weighted by molar-refractivity contribution is 5.76. The molecule has 0 saturated carbocycles. The zero-order chi connectivity index (χ0) is 11.7. The lowest BCUT2D eigenvalue weighted by atomic mass is 10.4. The predicted molar refractivity (Wildman–Crippen MR) is 55.7 cm³/mol. The van der Waals surface area contributed by atoms with Gasteiger partial charge in [-0.25, -0.2) is 4.79 Å². The standard InChI is InChI=1S/C10H17NO4/c1-3-5-7-15-10(14)11(6-4-2)8-9(12)13/h3H,1,4-8H2,2H3,(H,12,13). The summed E-state index contributed by atoms with van der Waals surface area (Å²) >= 11 is 0. The lowest BCUT2D eigenvalue weighted by molar-refractivity contribution is -0.138. The van der Waals surface area contributed by atoms with Crippen molar-refractivity contribution in [3.8, 4) is 0 Å². The van der Waals surface area contributed by atoms with Crippen LogP contribution in [0.5, 0.6) is 0 Å². The van der Waals surface area contributed by atoms with Crippen LogP contribution in [-0.4, -0.2) is 41.8 Å². The fourth-order valence-corrected chi connectivity index (χ4v) is 0.989. The van der Waals surface area contributed by atoms with E-state index in [1.807, 2.05) is 6.92 Å². The lowest BCUT2D eigenvalue weighted by Crippen LogP contribution is -2.36. The molecule has 0 saturated heterocycles. The van der Waals surface area contributed by atoms with Crippen molar-refractivity contribution in [3.05, 3.63) is 12.7 Å². The van der Waals surface area contributed by atoms with E-state index >= 15 is 0 Å². The first-order valence-corrected chi connectivity index (χ1v) is 4.86. The molecule has 86 valence electrons. The fraction of sp³-hybridized carbons (Fsp3) is 0.600. The van der Waals surface area contributed by atoms with Gasteiger partial charge in [-0.1, -0.05) is 13.0 Å². The number of hydrogen-bond donors (Lipinski definition) is 1. The summed E-state index contributed by atoms with van der Waals surface area (Å²) in [6.45, 7) is 5.66. The molecule has 5 heteroatoms. The van der Waals surface area contributed by atoms with Crippen molar-refractivity contribution in [1.82, 2.24) is 4.90 Å². The third kappa shape index (κ3) is 6.54. The quantitative estimate of drug-likeness (QED) is 0.516. The third-order valence-corrected chi connectivity index (χ3v) is 1.63. The fourth-order valence-electron chi connectivity index (χ4n) is 0.989. The molecule has 0 aliphatic rings. The van der Waals surface area contributed by atoms with Crippen LogP contribution >= 0.6 is 0 Å². The Morgan fingerprint density at radius 3 is 2.67 bits per heavy atom. The van der Waals surface area contributed by atoms with Crippen molar-refractivity contribution in [2.75, 3.05) is 19.7 Å². The normalized spacial score (nSPS) is 9.40. The molecule has 1 N–H and O–H groups in total. The van der Waals surface area contributed by atoms with Gasteiger partial charge in [0.2, 0.25) is 0 Å². The second-order valence-electron chi connectivity index (χ2n) is 3.01. The van der Waals surface area contributed by atoms with Crippen molar-refractivity contribution >= 4 is 12.1 Å². The molecular formula is C10H17NO4. The van der Waals surface area contributed by atoms with Gasteiger partial charge in [-0.15, -0.1) is 6.58 Å². The molecule has 0 aromatic carbocycles. The Morgan fingerprint density at radius 2 is 2.20 bits per heavy atom. The zero-order valence-electron chi connectivity index (χ0n) is 8.94. The van der Waals surface area contributed by atoms with Gasteiger partial charge in [0.25, 0.3) is 0 Å². The van der Waals surface area contributed by atoms with Gasteiger partial charge < -0.3 is 9.84 Å². The molecule has 0 radical (unpaired) electrons. The molecule has 1 amide bonds. The Hall–Kier alpha value is -1.52. The van der Waals surface area contributed by atoms with Crippen LogP contribution in [0.3, 0.4) is 0 Å². The molecule has 0 fully saturated rings. The second kappa shape index (κ2) is 7.84. The molecule has 0 atom stereocenters. The van der Waals surface area contributed by atoms with Crippen LogP contribution in [0, 0.1) is 0 Å². The van der Waals surface area contributed by atoms with Gasteiger partial charge in [-0.3, -0.25) is 9.69 Å². The van der Waals surface area contributed by atoms with Gasteiger partial charge in [-0.05, 0) is 12.8 Å². The molecule has 0 aromatic rings. The average molecular weight is 215 g/mol. The van der Waals surface area contributed by atoms with Crippen LogP contribution in [0.2, 0.25) is 0 Å². The molecule has 0 aliphatic carbocycles. The molecule has 0 heterocycles. The minimum absolute atomic E-state index is 0.238. The summed E-state index contributed by atoms with van der Waals surface area (Å²) in [5, 5.41) is 8.57. The van der Waals surface area contributed by atoms with E-state index in [9.17, 15) is 9.59 Å². The summed E-state index contributed by atoms with van der Waals surface area (Å²) in [5.74, 6) is -1.04. The summed E-state index contributed by atoms with van der Waals surface area (Å²) in [4.78, 5) is 23.0. The zero-order valence-corrected chi connectivity index (χ0v) is 8.94. The third-order valence-electron chi connectivity index (χ3n) is 1.63. The van der Waals surface area contributed by atoms with E-state index < -0.39 is 12.1 Å². The molecule has 0 bridgehead atoms. The Bertz CT molecular complexity index is 227. The summed E-state index contributed by atoms with van der Waals surface area (Å²) in [5.41, 5.74) is 0. The summed E-state index contributed by atoms with van der Waals surface area (Å²) < 4.78 is 4.85. The van der Waals surface area contributed by atoms with Crippen LogP contribution in [0.15, 0.2) is 12.7 Å². The second-order valence-corrected chi connectivity index (χ2v) is 3.01. The highest BCUT2D eigenvalue weighted by atomic mass is 16.6. The number of ether oxygens (including phenoxy) is 1. The van der Waals surface area contributed by atoms with Crippen molar-refractivity contribution in [1.29, 1.82) is 0 Å². The monoisotopic (exact) mass is 215 g/mol. The number of carbonyl (C=O) groups excluding carboxylic acids is 1. The number of carboxylic acid groups (broad SMARTS) is 1. The summed E-state index contributed by atoms with van der Waals surface area (Å²) in [6, 6.07) is 0. The molecule has 0 spiro atoms. The Morgan fingerprint density at radius 1 is 1.53 bits per heavy atom. The van der Waals surface area contributed by atoms with Crippen molar-refractivity contribution in [2.24, 2.45) is 0 Å². The Kier molecular flexibility index (Phi) is 7.05. The number of amides is 1. The highest BCUT2D eigenvalue weighted by Crippen LogP contribution is 1.97. The summed E-state index contributed by atoms with van der Waals surface area (Å²) in [6.07, 6.45) is 2.32. The minimum atomic E-state index is -1.04. The van der Waals surface area contributed by atoms with Gasteiger partial charge >= 0.3 is 12.1 Å². The van der Waals surface area contributed by atoms with Crippen molar-refractivity contribution in [2.45, 2.75) is 19.8 Å². The van der Waals surface area contributed by atoms with E-state index in [-0.39, 0.29) is 13.2 Å². The predicted octanol–water partition coefficient (Wildman–Crippen LogP) is 1.50. The van der Waals surface area contributed by atoms with Crippen molar-refractivity contribution in [3.63, 3.8) is 0 Å². The van der Waals surface area contributed by atoms with Crippen LogP contribution in [0.1, 0.15) is 19.8 Å². The first-order valence-electron chi connectivity index (χ1n) is 4.86. The largest absolute Gasteiger partial charge is 0.480 e. The molecule has 0 unspecified atom stereocenters. The Labute approximate surface area is 89.3 Å². The molecular weight excluding hydrogens is 198 g/mol. The van der Waals surface area contributed by atoms with E-state index in [0.717, 1.165) is 0 Å². The number of hydrogen-bond acceptors (Lipinski definition) is 3. The number of nitrogens with zero attached hydrogens (tertiary/aromatic N) is 1. The summed E-state index contributed by atoms with van der Waals surface area (Å²) in [7, 11) is 0. The van der Waals surface area contributed by atoms with Gasteiger partial charge in [0.1, 0.15) is 6.54 Å². The molecule has 5 nitrogen and oxygen atoms in total. The molecule has 0 aromatic heterocycles. The van der Waals surface area contributed by atoms with Gasteiger partial charge in [0.15, 0.2) is 0 Å².